The molecule has 0 aliphatic carbocycles. The second kappa shape index (κ2) is 2.84. The second-order valence-electron chi connectivity index (χ2n) is 2.51. The van der Waals surface area contributed by atoms with Crippen molar-refractivity contribution in [3.05, 3.63) is 12.2 Å². The van der Waals surface area contributed by atoms with Crippen molar-refractivity contribution in [2.75, 3.05) is 19.7 Å². The van der Waals surface area contributed by atoms with E-state index in [1.807, 2.05) is 6.08 Å². The zero-order valence-corrected chi connectivity index (χ0v) is 6.49. The number of ether oxygens (including phenoxy) is 1. The summed E-state index contributed by atoms with van der Waals surface area (Å²) < 4.78 is 5.08. The lowest BCUT2D eigenvalue weighted by Crippen LogP contribution is -2.24. The van der Waals surface area contributed by atoms with Gasteiger partial charge in [0.05, 0.1) is 6.54 Å². The normalized spacial score (nSPS) is 24.8. The summed E-state index contributed by atoms with van der Waals surface area (Å²) in [6.07, 6.45) is 3.61. The standard InChI is InChI=1S/C7H9N3O2/c11-7-8-3-4-10(7)9-6-2-1-5-12-6/h1-2H,3-5H2,(H,8,11). The van der Waals surface area contributed by atoms with Crippen molar-refractivity contribution in [1.29, 1.82) is 0 Å². The first-order chi connectivity index (χ1) is 5.86. The van der Waals surface area contributed by atoms with Crippen molar-refractivity contribution in [2.45, 2.75) is 0 Å². The summed E-state index contributed by atoms with van der Waals surface area (Å²) in [6.45, 7) is 1.81. The van der Waals surface area contributed by atoms with E-state index in [0.29, 0.717) is 25.6 Å². The van der Waals surface area contributed by atoms with Crippen LogP contribution in [0.1, 0.15) is 0 Å². The van der Waals surface area contributed by atoms with Gasteiger partial charge in [-0.1, -0.05) is 0 Å². The number of carbonyl (C=O) groups is 1. The number of urea groups is 1. The minimum Gasteiger partial charge on any atom is -0.472 e. The molecule has 2 amide bonds. The molecule has 0 aromatic heterocycles. The summed E-state index contributed by atoms with van der Waals surface area (Å²) in [5.74, 6) is 0.507. The molecule has 2 rings (SSSR count). The molecule has 12 heavy (non-hydrogen) atoms. The van der Waals surface area contributed by atoms with Gasteiger partial charge < -0.3 is 10.1 Å². The molecule has 5 heteroatoms. The Kier molecular flexibility index (Phi) is 1.69. The molecule has 1 saturated heterocycles. The maximum Gasteiger partial charge on any atom is 0.338 e. The minimum absolute atomic E-state index is 0.161. The molecule has 0 atom stereocenters. The van der Waals surface area contributed by atoms with E-state index < -0.39 is 0 Å². The van der Waals surface area contributed by atoms with Crippen LogP contribution in [-0.4, -0.2) is 36.6 Å². The van der Waals surface area contributed by atoms with Crippen molar-refractivity contribution < 1.29 is 9.53 Å². The van der Waals surface area contributed by atoms with Crippen molar-refractivity contribution in [3.63, 3.8) is 0 Å². The maximum atomic E-state index is 11.0. The maximum absolute atomic E-state index is 11.0. The molecule has 1 N–H and O–H groups in total. The number of hydrogen-bond donors (Lipinski definition) is 1. The molecule has 0 bridgehead atoms. The quantitative estimate of drug-likeness (QED) is 0.593. The highest BCUT2D eigenvalue weighted by molar-refractivity contribution is 5.90. The summed E-state index contributed by atoms with van der Waals surface area (Å²) in [5, 5.41) is 7.99. The Morgan fingerprint density at radius 1 is 1.67 bits per heavy atom. The van der Waals surface area contributed by atoms with E-state index in [9.17, 15) is 4.79 Å². The summed E-state index contributed by atoms with van der Waals surface area (Å²) in [5.41, 5.74) is 0. The fourth-order valence-electron chi connectivity index (χ4n) is 1.07. The van der Waals surface area contributed by atoms with Gasteiger partial charge in [0.2, 0.25) is 5.90 Å². The van der Waals surface area contributed by atoms with Gasteiger partial charge in [0, 0.05) is 12.6 Å². The first-order valence-corrected chi connectivity index (χ1v) is 3.79. The van der Waals surface area contributed by atoms with Gasteiger partial charge in [-0.15, -0.1) is 5.10 Å². The number of hydrogen-bond acceptors (Lipinski definition) is 3. The van der Waals surface area contributed by atoms with Crippen molar-refractivity contribution in [2.24, 2.45) is 5.10 Å². The van der Waals surface area contributed by atoms with Crippen LogP contribution in [0.25, 0.3) is 0 Å². The molecule has 64 valence electrons. The SMILES string of the molecule is O=C1NCCN1N=C1C=CCO1. The van der Waals surface area contributed by atoms with Gasteiger partial charge in [-0.3, -0.25) is 0 Å². The number of nitrogens with zero attached hydrogens (tertiary/aromatic N) is 2. The lowest BCUT2D eigenvalue weighted by atomic mass is 10.6. The highest BCUT2D eigenvalue weighted by Crippen LogP contribution is 2.02. The Hall–Kier alpha value is -1.52. The average Bonchev–Trinajstić information content (AvgIpc) is 2.65. The monoisotopic (exact) mass is 167 g/mol. The summed E-state index contributed by atoms with van der Waals surface area (Å²) in [4.78, 5) is 11.0. The Labute approximate surface area is 69.7 Å². The second-order valence-corrected chi connectivity index (χ2v) is 2.51. The summed E-state index contributed by atoms with van der Waals surface area (Å²) >= 11 is 0. The number of rotatable bonds is 1. The molecular weight excluding hydrogens is 158 g/mol. The van der Waals surface area contributed by atoms with E-state index in [4.69, 9.17) is 4.74 Å². The molecule has 0 spiro atoms. The molecular formula is C7H9N3O2. The predicted molar refractivity (Wildman–Crippen MR) is 42.6 cm³/mol. The van der Waals surface area contributed by atoms with Gasteiger partial charge in [0.15, 0.2) is 0 Å². The zero-order chi connectivity index (χ0) is 8.39. The smallest absolute Gasteiger partial charge is 0.338 e. The number of amides is 2. The third kappa shape index (κ3) is 1.25. The van der Waals surface area contributed by atoms with E-state index in [2.05, 4.69) is 10.4 Å². The van der Waals surface area contributed by atoms with Crippen LogP contribution in [0.4, 0.5) is 4.79 Å². The Bertz CT molecular complexity index is 259. The lowest BCUT2D eigenvalue weighted by molar-refractivity contribution is 0.217. The van der Waals surface area contributed by atoms with Crippen molar-refractivity contribution in [3.8, 4) is 0 Å². The van der Waals surface area contributed by atoms with Crippen LogP contribution < -0.4 is 5.32 Å². The van der Waals surface area contributed by atoms with Crippen LogP contribution >= 0.6 is 0 Å². The largest absolute Gasteiger partial charge is 0.472 e. The van der Waals surface area contributed by atoms with E-state index in [-0.39, 0.29) is 6.03 Å². The molecule has 2 aliphatic heterocycles. The highest BCUT2D eigenvalue weighted by atomic mass is 16.5. The van der Waals surface area contributed by atoms with Gasteiger partial charge in [-0.05, 0) is 6.08 Å². The van der Waals surface area contributed by atoms with Gasteiger partial charge in [-0.25, -0.2) is 9.80 Å². The van der Waals surface area contributed by atoms with E-state index >= 15 is 0 Å². The van der Waals surface area contributed by atoms with Crippen LogP contribution in [0.2, 0.25) is 0 Å². The highest BCUT2D eigenvalue weighted by Gasteiger charge is 2.19. The van der Waals surface area contributed by atoms with Crippen LogP contribution in [0, 0.1) is 0 Å². The van der Waals surface area contributed by atoms with E-state index in [1.165, 1.54) is 5.01 Å². The summed E-state index contributed by atoms with van der Waals surface area (Å²) in [6, 6.07) is -0.161. The number of hydrazone groups is 1. The average molecular weight is 167 g/mol. The zero-order valence-electron chi connectivity index (χ0n) is 6.49. The lowest BCUT2D eigenvalue weighted by Gasteiger charge is -2.06. The number of nitrogens with one attached hydrogen (secondary N) is 1. The fraction of sp³-hybridized carbons (Fsp3) is 0.429. The van der Waals surface area contributed by atoms with Crippen LogP contribution in [0.3, 0.4) is 0 Å². The Balaban J connectivity index is 2.05. The molecule has 2 aliphatic rings. The third-order valence-corrected chi connectivity index (χ3v) is 1.64. The Morgan fingerprint density at radius 3 is 3.17 bits per heavy atom. The van der Waals surface area contributed by atoms with Crippen LogP contribution in [-0.2, 0) is 4.74 Å². The fourth-order valence-corrected chi connectivity index (χ4v) is 1.07. The number of carbonyl (C=O) groups excluding carboxylic acids is 1. The van der Waals surface area contributed by atoms with Gasteiger partial charge in [-0.2, -0.15) is 0 Å². The van der Waals surface area contributed by atoms with Crippen molar-refractivity contribution >= 4 is 11.9 Å². The van der Waals surface area contributed by atoms with Crippen LogP contribution in [0.5, 0.6) is 0 Å². The molecule has 0 aromatic carbocycles. The molecule has 2 heterocycles. The van der Waals surface area contributed by atoms with E-state index in [0.717, 1.165) is 0 Å². The van der Waals surface area contributed by atoms with Gasteiger partial charge in [0.25, 0.3) is 0 Å². The minimum atomic E-state index is -0.161. The predicted octanol–water partition coefficient (Wildman–Crippen LogP) is -0.0885. The molecule has 0 saturated carbocycles. The molecule has 0 unspecified atom stereocenters. The first kappa shape index (κ1) is 7.15. The topological polar surface area (TPSA) is 53.9 Å². The molecule has 5 nitrogen and oxygen atoms in total. The molecule has 0 aromatic rings. The van der Waals surface area contributed by atoms with Crippen LogP contribution in [0.15, 0.2) is 17.3 Å². The molecule has 0 radical (unpaired) electrons. The Morgan fingerprint density at radius 2 is 2.58 bits per heavy atom. The third-order valence-electron chi connectivity index (χ3n) is 1.64. The van der Waals surface area contributed by atoms with Gasteiger partial charge >= 0.3 is 6.03 Å². The van der Waals surface area contributed by atoms with E-state index in [1.54, 1.807) is 6.08 Å². The van der Waals surface area contributed by atoms with Gasteiger partial charge in [0.1, 0.15) is 6.61 Å². The molecule has 1 fully saturated rings. The first-order valence-electron chi connectivity index (χ1n) is 3.79. The summed E-state index contributed by atoms with van der Waals surface area (Å²) in [7, 11) is 0. The van der Waals surface area contributed by atoms with Crippen molar-refractivity contribution in [1.82, 2.24) is 10.3 Å².